The summed E-state index contributed by atoms with van der Waals surface area (Å²) >= 11 is 0. The Kier molecular flexibility index (Phi) is 4.35. The molecule has 2 N–H and O–H groups in total. The lowest BCUT2D eigenvalue weighted by Crippen LogP contribution is -2.07. The van der Waals surface area contributed by atoms with Crippen molar-refractivity contribution in [2.75, 3.05) is 0 Å². The van der Waals surface area contributed by atoms with Crippen LogP contribution in [0.1, 0.15) is 36.9 Å². The Bertz CT molecular complexity index is 314. The molecule has 0 aliphatic carbocycles. The number of nitrogens with two attached hydrogens (primary N) is 1. The molecular weight excluding hydrogens is 215 g/mol. The maximum atomic E-state index is 11.9. The zero-order valence-electron chi connectivity index (χ0n) is 9.22. The van der Waals surface area contributed by atoms with Crippen molar-refractivity contribution in [3.63, 3.8) is 0 Å². The SMILES string of the molecule is CC(N)c1ccc(CCCC(F)(F)F)cc1. The minimum Gasteiger partial charge on any atom is -0.324 e. The average molecular weight is 231 g/mol. The van der Waals surface area contributed by atoms with Crippen LogP contribution in [0.4, 0.5) is 13.2 Å². The van der Waals surface area contributed by atoms with Gasteiger partial charge in [-0.05, 0) is 30.9 Å². The molecule has 0 saturated heterocycles. The topological polar surface area (TPSA) is 26.0 Å². The first kappa shape index (κ1) is 13.0. The average Bonchev–Trinajstić information content (AvgIpc) is 2.16. The number of hydrogen-bond donors (Lipinski definition) is 1. The highest BCUT2D eigenvalue weighted by Crippen LogP contribution is 2.22. The standard InChI is InChI=1S/C12H16F3N/c1-9(16)11-6-4-10(5-7-11)3-2-8-12(13,14)15/h4-7,9H,2-3,8,16H2,1H3. The van der Waals surface area contributed by atoms with E-state index in [9.17, 15) is 13.2 Å². The first-order valence-electron chi connectivity index (χ1n) is 5.29. The monoisotopic (exact) mass is 231 g/mol. The van der Waals surface area contributed by atoms with Gasteiger partial charge in [0.05, 0.1) is 0 Å². The largest absolute Gasteiger partial charge is 0.389 e. The molecule has 4 heteroatoms. The Morgan fingerprint density at radius 3 is 2.19 bits per heavy atom. The third kappa shape index (κ3) is 4.66. The highest BCUT2D eigenvalue weighted by molar-refractivity contribution is 5.24. The molecule has 0 spiro atoms. The molecule has 1 aromatic carbocycles. The summed E-state index contributed by atoms with van der Waals surface area (Å²) in [5.74, 6) is 0. The zero-order chi connectivity index (χ0) is 12.2. The molecule has 0 radical (unpaired) electrons. The van der Waals surface area contributed by atoms with Crippen LogP contribution in [0.25, 0.3) is 0 Å². The first-order valence-corrected chi connectivity index (χ1v) is 5.29. The quantitative estimate of drug-likeness (QED) is 0.841. The van der Waals surface area contributed by atoms with Crippen molar-refractivity contribution >= 4 is 0 Å². The maximum absolute atomic E-state index is 11.9. The number of aryl methyl sites for hydroxylation is 1. The van der Waals surface area contributed by atoms with E-state index in [1.165, 1.54) is 0 Å². The third-order valence-electron chi connectivity index (χ3n) is 2.43. The second-order valence-electron chi connectivity index (χ2n) is 4.00. The van der Waals surface area contributed by atoms with Gasteiger partial charge in [-0.1, -0.05) is 24.3 Å². The summed E-state index contributed by atoms with van der Waals surface area (Å²) in [5.41, 5.74) is 7.60. The van der Waals surface area contributed by atoms with Crippen LogP contribution in [0, 0.1) is 0 Å². The van der Waals surface area contributed by atoms with Crippen LogP contribution in [0.2, 0.25) is 0 Å². The number of halogens is 3. The number of rotatable bonds is 4. The van der Waals surface area contributed by atoms with E-state index in [1.807, 2.05) is 31.2 Å². The Labute approximate surface area is 93.5 Å². The van der Waals surface area contributed by atoms with Gasteiger partial charge in [-0.15, -0.1) is 0 Å². The van der Waals surface area contributed by atoms with Crippen LogP contribution >= 0.6 is 0 Å². The molecule has 1 unspecified atom stereocenters. The van der Waals surface area contributed by atoms with E-state index in [4.69, 9.17) is 5.73 Å². The van der Waals surface area contributed by atoms with Crippen LogP contribution in [0.15, 0.2) is 24.3 Å². The van der Waals surface area contributed by atoms with E-state index < -0.39 is 12.6 Å². The smallest absolute Gasteiger partial charge is 0.324 e. The van der Waals surface area contributed by atoms with E-state index in [-0.39, 0.29) is 12.5 Å². The summed E-state index contributed by atoms with van der Waals surface area (Å²) in [6.07, 6.45) is -4.17. The highest BCUT2D eigenvalue weighted by atomic mass is 19.4. The van der Waals surface area contributed by atoms with E-state index >= 15 is 0 Å². The van der Waals surface area contributed by atoms with Gasteiger partial charge in [0.15, 0.2) is 0 Å². The maximum Gasteiger partial charge on any atom is 0.389 e. The molecule has 0 aliphatic rings. The van der Waals surface area contributed by atoms with E-state index in [1.54, 1.807) is 0 Å². The molecule has 1 rings (SSSR count). The molecule has 1 aromatic rings. The van der Waals surface area contributed by atoms with Gasteiger partial charge in [0.2, 0.25) is 0 Å². The predicted octanol–water partition coefficient (Wildman–Crippen LogP) is 3.59. The van der Waals surface area contributed by atoms with Crippen molar-refractivity contribution in [1.82, 2.24) is 0 Å². The van der Waals surface area contributed by atoms with E-state index in [2.05, 4.69) is 0 Å². The van der Waals surface area contributed by atoms with E-state index in [0.29, 0.717) is 6.42 Å². The molecule has 0 saturated carbocycles. The van der Waals surface area contributed by atoms with Gasteiger partial charge in [0.1, 0.15) is 0 Å². The molecule has 0 heterocycles. The fraction of sp³-hybridized carbons (Fsp3) is 0.500. The summed E-state index contributed by atoms with van der Waals surface area (Å²) in [6, 6.07) is 7.38. The molecule has 0 aliphatic heterocycles. The Hall–Kier alpha value is -1.03. The van der Waals surface area contributed by atoms with Gasteiger partial charge >= 0.3 is 6.18 Å². The van der Waals surface area contributed by atoms with Gasteiger partial charge in [-0.2, -0.15) is 13.2 Å². The lowest BCUT2D eigenvalue weighted by atomic mass is 10.0. The van der Waals surface area contributed by atoms with Gasteiger partial charge in [-0.3, -0.25) is 0 Å². The lowest BCUT2D eigenvalue weighted by molar-refractivity contribution is -0.135. The Morgan fingerprint density at radius 2 is 1.75 bits per heavy atom. The normalized spacial score (nSPS) is 13.8. The molecule has 0 bridgehead atoms. The van der Waals surface area contributed by atoms with Gasteiger partial charge in [0, 0.05) is 12.5 Å². The van der Waals surface area contributed by atoms with Gasteiger partial charge in [-0.25, -0.2) is 0 Å². The summed E-state index contributed by atoms with van der Waals surface area (Å²) < 4.78 is 35.7. The first-order chi connectivity index (χ1) is 7.38. The van der Waals surface area contributed by atoms with Crippen molar-refractivity contribution in [3.8, 4) is 0 Å². The van der Waals surface area contributed by atoms with Crippen molar-refractivity contribution in [2.24, 2.45) is 5.73 Å². The third-order valence-corrected chi connectivity index (χ3v) is 2.43. The highest BCUT2D eigenvalue weighted by Gasteiger charge is 2.25. The van der Waals surface area contributed by atoms with Crippen LogP contribution in [0.5, 0.6) is 0 Å². The second-order valence-corrected chi connectivity index (χ2v) is 4.00. The molecule has 90 valence electrons. The minimum atomic E-state index is -4.05. The molecule has 16 heavy (non-hydrogen) atoms. The summed E-state index contributed by atoms with van der Waals surface area (Å²) in [5, 5.41) is 0. The summed E-state index contributed by atoms with van der Waals surface area (Å²) in [6.45, 7) is 1.87. The molecule has 0 fully saturated rings. The van der Waals surface area contributed by atoms with Crippen molar-refractivity contribution in [1.29, 1.82) is 0 Å². The van der Waals surface area contributed by atoms with Gasteiger partial charge < -0.3 is 5.73 Å². The van der Waals surface area contributed by atoms with Crippen molar-refractivity contribution < 1.29 is 13.2 Å². The predicted molar refractivity (Wildman–Crippen MR) is 58.0 cm³/mol. The van der Waals surface area contributed by atoms with Crippen molar-refractivity contribution in [2.45, 2.75) is 38.4 Å². The number of hydrogen-bond acceptors (Lipinski definition) is 1. The fourth-order valence-electron chi connectivity index (χ4n) is 1.48. The zero-order valence-corrected chi connectivity index (χ0v) is 9.22. The van der Waals surface area contributed by atoms with Crippen LogP contribution in [-0.2, 0) is 6.42 Å². The van der Waals surface area contributed by atoms with Crippen LogP contribution in [-0.4, -0.2) is 6.18 Å². The summed E-state index contributed by atoms with van der Waals surface area (Å²) in [4.78, 5) is 0. The van der Waals surface area contributed by atoms with Crippen LogP contribution < -0.4 is 5.73 Å². The van der Waals surface area contributed by atoms with Crippen LogP contribution in [0.3, 0.4) is 0 Å². The molecular formula is C12H16F3N. The Balaban J connectivity index is 2.44. The fourth-order valence-corrected chi connectivity index (χ4v) is 1.48. The Morgan fingerprint density at radius 1 is 1.19 bits per heavy atom. The summed E-state index contributed by atoms with van der Waals surface area (Å²) in [7, 11) is 0. The molecule has 1 nitrogen and oxygen atoms in total. The molecule has 0 aromatic heterocycles. The lowest BCUT2D eigenvalue weighted by Gasteiger charge is -2.08. The number of benzene rings is 1. The van der Waals surface area contributed by atoms with Gasteiger partial charge in [0.25, 0.3) is 0 Å². The second kappa shape index (κ2) is 5.34. The molecule has 1 atom stereocenters. The minimum absolute atomic E-state index is 0.0378. The number of alkyl halides is 3. The van der Waals surface area contributed by atoms with E-state index in [0.717, 1.165) is 11.1 Å². The van der Waals surface area contributed by atoms with Crippen molar-refractivity contribution in [3.05, 3.63) is 35.4 Å². The molecule has 0 amide bonds.